The van der Waals surface area contributed by atoms with E-state index in [0.29, 0.717) is 18.0 Å². The van der Waals surface area contributed by atoms with E-state index < -0.39 is 17.6 Å². The van der Waals surface area contributed by atoms with Crippen LogP contribution in [-0.4, -0.2) is 25.2 Å². The highest BCUT2D eigenvalue weighted by Gasteiger charge is 2.36. The van der Waals surface area contributed by atoms with Gasteiger partial charge in [-0.2, -0.15) is 13.2 Å². The van der Waals surface area contributed by atoms with Crippen molar-refractivity contribution in [2.24, 2.45) is 0 Å². The first-order valence-electron chi connectivity index (χ1n) is 9.33. The van der Waals surface area contributed by atoms with Crippen molar-refractivity contribution in [2.45, 2.75) is 12.3 Å². The van der Waals surface area contributed by atoms with Gasteiger partial charge in [-0.1, -0.05) is 36.4 Å². The average Bonchev–Trinajstić information content (AvgIpc) is 3.58. The lowest BCUT2D eigenvalue weighted by atomic mass is 10.1. The maximum atomic E-state index is 13.6. The third-order valence-corrected chi connectivity index (χ3v) is 4.59. The Morgan fingerprint density at radius 3 is 2.03 bits per heavy atom. The Labute approximate surface area is 171 Å². The van der Waals surface area contributed by atoms with Gasteiger partial charge in [-0.15, -0.1) is 0 Å². The van der Waals surface area contributed by atoms with E-state index in [-0.39, 0.29) is 24.0 Å². The highest BCUT2D eigenvalue weighted by Crippen LogP contribution is 2.38. The third kappa shape index (κ3) is 4.46. The van der Waals surface area contributed by atoms with Gasteiger partial charge < -0.3 is 9.47 Å². The van der Waals surface area contributed by atoms with Crippen molar-refractivity contribution in [1.82, 2.24) is 0 Å². The highest BCUT2D eigenvalue weighted by atomic mass is 19.4. The molecule has 30 heavy (non-hydrogen) atoms. The molecule has 1 unspecified atom stereocenters. The number of benzene rings is 3. The molecule has 0 N–H and O–H groups in total. The van der Waals surface area contributed by atoms with Crippen molar-refractivity contribution in [2.75, 3.05) is 18.1 Å². The molecule has 1 amide bonds. The molecule has 1 heterocycles. The van der Waals surface area contributed by atoms with Crippen molar-refractivity contribution >= 4 is 17.3 Å². The van der Waals surface area contributed by atoms with Gasteiger partial charge >= 0.3 is 6.18 Å². The second kappa shape index (κ2) is 8.20. The van der Waals surface area contributed by atoms with Crippen LogP contribution in [0.2, 0.25) is 0 Å². The number of nitrogens with zero attached hydrogens (tertiary/aromatic N) is 1. The minimum Gasteiger partial charge on any atom is -0.490 e. The third-order valence-electron chi connectivity index (χ3n) is 4.59. The molecule has 4 rings (SSSR count). The lowest BCUT2D eigenvalue weighted by Crippen LogP contribution is -2.26. The molecule has 0 aliphatic carbocycles. The summed E-state index contributed by atoms with van der Waals surface area (Å²) in [5.74, 6) is -0.893. The molecule has 1 aliphatic heterocycles. The van der Waals surface area contributed by atoms with Crippen molar-refractivity contribution in [3.05, 3.63) is 90.0 Å². The first kappa shape index (κ1) is 20.0. The van der Waals surface area contributed by atoms with Gasteiger partial charge in [0.2, 0.25) is 0 Å². The van der Waals surface area contributed by atoms with E-state index >= 15 is 0 Å². The largest absolute Gasteiger partial charge is 0.490 e. The maximum Gasteiger partial charge on any atom is 0.419 e. The Hall–Kier alpha value is -3.32. The molecule has 0 bridgehead atoms. The van der Waals surface area contributed by atoms with Gasteiger partial charge in [0.15, 0.2) is 0 Å². The first-order chi connectivity index (χ1) is 14.4. The summed E-state index contributed by atoms with van der Waals surface area (Å²) in [5, 5.41) is 0. The number of hydrogen-bond acceptors (Lipinski definition) is 3. The second-order valence-electron chi connectivity index (χ2n) is 6.79. The van der Waals surface area contributed by atoms with Gasteiger partial charge in [0.1, 0.15) is 18.5 Å². The van der Waals surface area contributed by atoms with Crippen LogP contribution in [0.1, 0.15) is 15.9 Å². The SMILES string of the molecule is O=C(c1ccc(OCC2CO2)c(C(F)(F)F)c1)N(c1ccccc1)c1ccccc1. The minimum atomic E-state index is -4.67. The Morgan fingerprint density at radius 2 is 1.53 bits per heavy atom. The van der Waals surface area contributed by atoms with Crippen LogP contribution in [0.4, 0.5) is 24.5 Å². The smallest absolute Gasteiger partial charge is 0.419 e. The molecular formula is C23H18F3NO3. The van der Waals surface area contributed by atoms with Gasteiger partial charge in [-0.3, -0.25) is 9.69 Å². The summed E-state index contributed by atoms with van der Waals surface area (Å²) in [7, 11) is 0. The normalized spacial score (nSPS) is 15.5. The standard InChI is InChI=1S/C23H18F3NO3/c24-23(25,26)20-13-16(11-12-21(20)30-15-19-14-29-19)22(28)27(17-7-3-1-4-8-17)18-9-5-2-6-10-18/h1-13,19H,14-15H2. The zero-order chi connectivity index (χ0) is 21.1. The number of ether oxygens (including phenoxy) is 2. The highest BCUT2D eigenvalue weighted by molar-refractivity contribution is 6.11. The number of amides is 1. The Bertz CT molecular complexity index is 979. The molecule has 1 fully saturated rings. The van der Waals surface area contributed by atoms with Gasteiger partial charge in [0.25, 0.3) is 5.91 Å². The number of rotatable bonds is 6. The van der Waals surface area contributed by atoms with Crippen LogP contribution in [0.3, 0.4) is 0 Å². The fourth-order valence-corrected chi connectivity index (χ4v) is 3.02. The molecule has 3 aromatic carbocycles. The van der Waals surface area contributed by atoms with E-state index in [1.165, 1.54) is 17.0 Å². The average molecular weight is 413 g/mol. The van der Waals surface area contributed by atoms with Crippen LogP contribution < -0.4 is 9.64 Å². The molecule has 154 valence electrons. The zero-order valence-corrected chi connectivity index (χ0v) is 15.8. The van der Waals surface area contributed by atoms with Crippen LogP contribution in [0.25, 0.3) is 0 Å². The summed E-state index contributed by atoms with van der Waals surface area (Å²) >= 11 is 0. The van der Waals surface area contributed by atoms with Crippen molar-refractivity contribution in [3.8, 4) is 5.75 Å². The summed E-state index contributed by atoms with van der Waals surface area (Å²) < 4.78 is 51.2. The Balaban J connectivity index is 1.72. The molecule has 0 saturated carbocycles. The fraction of sp³-hybridized carbons (Fsp3) is 0.174. The van der Waals surface area contributed by atoms with Crippen LogP contribution in [0.5, 0.6) is 5.75 Å². The number of epoxide rings is 1. The summed E-state index contributed by atoms with van der Waals surface area (Å²) in [6, 6.07) is 20.9. The van der Waals surface area contributed by atoms with E-state index in [2.05, 4.69) is 0 Å². The van der Waals surface area contributed by atoms with Crippen molar-refractivity contribution in [1.29, 1.82) is 0 Å². The van der Waals surface area contributed by atoms with Crippen LogP contribution >= 0.6 is 0 Å². The second-order valence-corrected chi connectivity index (χ2v) is 6.79. The molecule has 4 nitrogen and oxygen atoms in total. The Morgan fingerprint density at radius 1 is 0.967 bits per heavy atom. The molecule has 0 aromatic heterocycles. The molecule has 0 radical (unpaired) electrons. The monoisotopic (exact) mass is 413 g/mol. The molecule has 0 spiro atoms. The summed E-state index contributed by atoms with van der Waals surface area (Å²) in [5.41, 5.74) is 0.0158. The predicted molar refractivity (Wildman–Crippen MR) is 106 cm³/mol. The molecule has 7 heteroatoms. The lowest BCUT2D eigenvalue weighted by molar-refractivity contribution is -0.139. The van der Waals surface area contributed by atoms with Gasteiger partial charge in [0.05, 0.1) is 12.2 Å². The molecule has 1 saturated heterocycles. The number of carbonyl (C=O) groups is 1. The molecule has 1 aliphatic rings. The minimum absolute atomic E-state index is 0.0382. The number of alkyl halides is 3. The van der Waals surface area contributed by atoms with Crippen molar-refractivity contribution < 1.29 is 27.4 Å². The van der Waals surface area contributed by atoms with Crippen LogP contribution in [0.15, 0.2) is 78.9 Å². The Kier molecular flexibility index (Phi) is 5.46. The van der Waals surface area contributed by atoms with E-state index in [1.807, 2.05) is 0 Å². The lowest BCUT2D eigenvalue weighted by Gasteiger charge is -2.24. The topological polar surface area (TPSA) is 42.1 Å². The van der Waals surface area contributed by atoms with E-state index in [0.717, 1.165) is 6.07 Å². The number of halogens is 3. The number of anilines is 2. The first-order valence-corrected chi connectivity index (χ1v) is 9.33. The number of carbonyl (C=O) groups excluding carboxylic acids is 1. The summed E-state index contributed by atoms with van der Waals surface area (Å²) in [6.45, 7) is 0.511. The number of para-hydroxylation sites is 2. The number of hydrogen-bond donors (Lipinski definition) is 0. The summed E-state index contributed by atoms with van der Waals surface area (Å²) in [6.07, 6.45) is -4.85. The van der Waals surface area contributed by atoms with E-state index in [9.17, 15) is 18.0 Å². The van der Waals surface area contributed by atoms with Gasteiger partial charge in [-0.05, 0) is 42.5 Å². The molecular weight excluding hydrogens is 395 g/mol. The van der Waals surface area contributed by atoms with Gasteiger partial charge in [0, 0.05) is 16.9 Å². The maximum absolute atomic E-state index is 13.6. The predicted octanol–water partition coefficient (Wildman–Crippen LogP) is 5.46. The fourth-order valence-electron chi connectivity index (χ4n) is 3.02. The quantitative estimate of drug-likeness (QED) is 0.504. The van der Waals surface area contributed by atoms with Crippen LogP contribution in [-0.2, 0) is 10.9 Å². The van der Waals surface area contributed by atoms with Gasteiger partial charge in [-0.25, -0.2) is 0 Å². The van der Waals surface area contributed by atoms with E-state index in [1.54, 1.807) is 60.7 Å². The summed E-state index contributed by atoms with van der Waals surface area (Å²) in [4.78, 5) is 14.7. The van der Waals surface area contributed by atoms with Crippen LogP contribution in [0, 0.1) is 0 Å². The van der Waals surface area contributed by atoms with E-state index in [4.69, 9.17) is 9.47 Å². The molecule has 1 atom stereocenters. The molecule has 3 aromatic rings. The van der Waals surface area contributed by atoms with Crippen molar-refractivity contribution in [3.63, 3.8) is 0 Å². The zero-order valence-electron chi connectivity index (χ0n) is 15.8.